The fourth-order valence-corrected chi connectivity index (χ4v) is 4.89. The van der Waals surface area contributed by atoms with E-state index in [1.165, 1.54) is 22.5 Å². The van der Waals surface area contributed by atoms with E-state index in [-0.39, 0.29) is 5.78 Å². The Morgan fingerprint density at radius 1 is 1.39 bits per heavy atom. The molecule has 0 bridgehead atoms. The average Bonchev–Trinajstić information content (AvgIpc) is 3.30. The van der Waals surface area contributed by atoms with E-state index in [2.05, 4.69) is 36.7 Å². The van der Waals surface area contributed by atoms with E-state index in [0.717, 1.165) is 42.8 Å². The third kappa shape index (κ3) is 5.43. The molecule has 31 heavy (non-hydrogen) atoms. The maximum atomic E-state index is 12.4. The van der Waals surface area contributed by atoms with Crippen molar-refractivity contribution in [1.82, 2.24) is 9.88 Å². The quantitative estimate of drug-likeness (QED) is 0.387. The summed E-state index contributed by atoms with van der Waals surface area (Å²) in [6.07, 6.45) is 4.33. The van der Waals surface area contributed by atoms with Gasteiger partial charge in [0.1, 0.15) is 5.75 Å². The molecule has 0 spiro atoms. The minimum absolute atomic E-state index is 0.0745. The fourth-order valence-electron chi connectivity index (χ4n) is 4.25. The van der Waals surface area contributed by atoms with Crippen LogP contribution >= 0.6 is 11.3 Å². The smallest absolute Gasteiger partial charge is 0.207 e. The lowest BCUT2D eigenvalue weighted by molar-refractivity contribution is 0.0939. The monoisotopic (exact) mass is 443 g/mol. The Hall–Kier alpha value is -2.45. The van der Waals surface area contributed by atoms with Gasteiger partial charge in [0.25, 0.3) is 0 Å². The number of ketones is 1. The van der Waals surface area contributed by atoms with Crippen molar-refractivity contribution in [3.05, 3.63) is 44.9 Å². The minimum Gasteiger partial charge on any atom is -0.496 e. The molecule has 0 aliphatic carbocycles. The zero-order chi connectivity index (χ0) is 22.5. The summed E-state index contributed by atoms with van der Waals surface area (Å²) in [7, 11) is 1.69. The number of Topliss-reactive ketones (excluding diaryl/α,β-unsaturated/α-hetero) is 1. The van der Waals surface area contributed by atoms with Crippen LogP contribution in [-0.4, -0.2) is 47.9 Å². The van der Waals surface area contributed by atoms with Gasteiger partial charge in [-0.3, -0.25) is 4.79 Å². The molecule has 0 radical (unpaired) electrons. The summed E-state index contributed by atoms with van der Waals surface area (Å²) in [5.74, 6) is 1.69. The second-order valence-corrected chi connectivity index (χ2v) is 9.19. The summed E-state index contributed by atoms with van der Waals surface area (Å²) in [5, 5.41) is 2.29. The summed E-state index contributed by atoms with van der Waals surface area (Å²) < 4.78 is 5.46. The van der Waals surface area contributed by atoms with Crippen molar-refractivity contribution in [1.29, 1.82) is 0 Å². The zero-order valence-electron chi connectivity index (χ0n) is 18.9. The van der Waals surface area contributed by atoms with E-state index in [0.29, 0.717) is 29.9 Å². The Balaban J connectivity index is 1.63. The predicted molar refractivity (Wildman–Crippen MR) is 126 cm³/mol. The molecule has 1 aliphatic rings. The molecule has 0 amide bonds. The molecule has 1 saturated heterocycles. The van der Waals surface area contributed by atoms with E-state index in [9.17, 15) is 4.79 Å². The highest BCUT2D eigenvalue weighted by atomic mass is 32.1. The minimum atomic E-state index is -0.526. The van der Waals surface area contributed by atoms with Crippen LogP contribution in [0.3, 0.4) is 0 Å². The van der Waals surface area contributed by atoms with Gasteiger partial charge in [0.2, 0.25) is 5.78 Å². The van der Waals surface area contributed by atoms with Crippen LogP contribution in [0.5, 0.6) is 5.75 Å². The van der Waals surface area contributed by atoms with Gasteiger partial charge in [-0.05, 0) is 74.3 Å². The van der Waals surface area contributed by atoms with Gasteiger partial charge < -0.3 is 21.1 Å². The number of thiazole rings is 1. The van der Waals surface area contributed by atoms with Crippen LogP contribution in [-0.2, 0) is 6.54 Å². The van der Waals surface area contributed by atoms with Crippen LogP contribution in [0, 0.1) is 26.7 Å². The summed E-state index contributed by atoms with van der Waals surface area (Å²) in [6, 6.07) is 1.53. The first-order valence-corrected chi connectivity index (χ1v) is 11.6. The number of likely N-dealkylation sites (tertiary alicyclic amines) is 1. The van der Waals surface area contributed by atoms with E-state index in [4.69, 9.17) is 21.2 Å². The summed E-state index contributed by atoms with van der Waals surface area (Å²) >= 11 is 1.34. The van der Waals surface area contributed by atoms with Crippen molar-refractivity contribution in [3.8, 4) is 5.75 Å². The number of carbonyl (C=O) groups is 1. The number of carbonyl (C=O) groups excluding carboxylic acids is 1. The maximum Gasteiger partial charge on any atom is 0.207 e. The van der Waals surface area contributed by atoms with E-state index >= 15 is 0 Å². The van der Waals surface area contributed by atoms with Gasteiger partial charge in [0.15, 0.2) is 11.0 Å². The molecule has 0 saturated carbocycles. The van der Waals surface area contributed by atoms with Crippen molar-refractivity contribution in [2.45, 2.75) is 52.6 Å². The summed E-state index contributed by atoms with van der Waals surface area (Å²) in [4.78, 5) is 23.4. The van der Waals surface area contributed by atoms with E-state index in [1.54, 1.807) is 18.7 Å². The Kier molecular flexibility index (Phi) is 7.67. The Morgan fingerprint density at radius 2 is 2.16 bits per heavy atom. The number of methoxy groups -OCH3 is 1. The standard InChI is InChI=1S/C23H33N5O2S/c1-14-10-20(30-4)16(3)15(2)18(14)12-27-23(25)28-8-5-6-17(13-28)11-19(24)21(29)22-26-7-9-31-22/h7,9-10,17,19H,5-6,8,11-13,24H2,1-4H3,(H2,25,27). The number of piperidine rings is 1. The first-order valence-electron chi connectivity index (χ1n) is 10.7. The lowest BCUT2D eigenvalue weighted by Crippen LogP contribution is -2.46. The van der Waals surface area contributed by atoms with E-state index < -0.39 is 6.04 Å². The molecule has 2 aromatic rings. The van der Waals surface area contributed by atoms with Crippen LogP contribution in [0.25, 0.3) is 0 Å². The highest BCUT2D eigenvalue weighted by Crippen LogP contribution is 2.28. The van der Waals surface area contributed by atoms with Crippen molar-refractivity contribution in [2.75, 3.05) is 20.2 Å². The number of aliphatic imine (C=N–C) groups is 1. The molecule has 1 fully saturated rings. The van der Waals surface area contributed by atoms with Crippen LogP contribution in [0.1, 0.15) is 51.3 Å². The third-order valence-corrected chi connectivity index (χ3v) is 7.03. The molecular weight excluding hydrogens is 410 g/mol. The molecule has 4 N–H and O–H groups in total. The number of hydrogen-bond acceptors (Lipinski definition) is 6. The maximum absolute atomic E-state index is 12.4. The number of hydrogen-bond donors (Lipinski definition) is 2. The Morgan fingerprint density at radius 3 is 2.84 bits per heavy atom. The third-order valence-electron chi connectivity index (χ3n) is 6.24. The topological polar surface area (TPSA) is 107 Å². The van der Waals surface area contributed by atoms with Crippen LogP contribution < -0.4 is 16.2 Å². The summed E-state index contributed by atoms with van der Waals surface area (Å²) in [6.45, 7) is 8.43. The molecule has 1 aliphatic heterocycles. The normalized spacial score (nSPS) is 18.2. The SMILES string of the molecule is COc1cc(C)c(CN=C(N)N2CCCC(CC(N)C(=O)c3nccs3)C2)c(C)c1C. The number of aromatic nitrogens is 1. The van der Waals surface area contributed by atoms with Gasteiger partial charge >= 0.3 is 0 Å². The average molecular weight is 444 g/mol. The lowest BCUT2D eigenvalue weighted by atomic mass is 9.90. The van der Waals surface area contributed by atoms with Crippen molar-refractivity contribution in [2.24, 2.45) is 22.4 Å². The number of nitrogens with zero attached hydrogens (tertiary/aromatic N) is 3. The van der Waals surface area contributed by atoms with Crippen LogP contribution in [0.4, 0.5) is 0 Å². The highest BCUT2D eigenvalue weighted by molar-refractivity contribution is 7.11. The van der Waals surface area contributed by atoms with Crippen molar-refractivity contribution in [3.63, 3.8) is 0 Å². The molecule has 2 atom stereocenters. The second-order valence-electron chi connectivity index (χ2n) is 8.30. The number of benzene rings is 1. The molecule has 8 heteroatoms. The van der Waals surface area contributed by atoms with Gasteiger partial charge in [-0.2, -0.15) is 0 Å². The highest BCUT2D eigenvalue weighted by Gasteiger charge is 2.27. The van der Waals surface area contributed by atoms with Gasteiger partial charge in [-0.25, -0.2) is 9.98 Å². The largest absolute Gasteiger partial charge is 0.496 e. The van der Waals surface area contributed by atoms with Crippen molar-refractivity contribution < 1.29 is 9.53 Å². The number of rotatable bonds is 7. The molecule has 2 heterocycles. The first kappa shape index (κ1) is 23.2. The number of guanidine groups is 1. The molecule has 168 valence electrons. The Bertz CT molecular complexity index is 942. The first-order chi connectivity index (χ1) is 14.8. The fraction of sp³-hybridized carbons (Fsp3) is 0.522. The molecule has 1 aromatic heterocycles. The number of nitrogens with two attached hydrogens (primary N) is 2. The molecular formula is C23H33N5O2S. The van der Waals surface area contributed by atoms with Crippen molar-refractivity contribution >= 4 is 23.1 Å². The molecule has 7 nitrogen and oxygen atoms in total. The zero-order valence-corrected chi connectivity index (χ0v) is 19.7. The number of ether oxygens (including phenoxy) is 1. The lowest BCUT2D eigenvalue weighted by Gasteiger charge is -2.34. The van der Waals surface area contributed by atoms with Crippen LogP contribution in [0.2, 0.25) is 0 Å². The van der Waals surface area contributed by atoms with Crippen LogP contribution in [0.15, 0.2) is 22.6 Å². The predicted octanol–water partition coefficient (Wildman–Crippen LogP) is 3.20. The van der Waals surface area contributed by atoms with Gasteiger partial charge in [0.05, 0.1) is 19.7 Å². The van der Waals surface area contributed by atoms with Gasteiger partial charge in [-0.15, -0.1) is 11.3 Å². The van der Waals surface area contributed by atoms with E-state index in [1.807, 2.05) is 0 Å². The second kappa shape index (κ2) is 10.2. The molecule has 2 unspecified atom stereocenters. The molecule has 3 rings (SSSR count). The number of aryl methyl sites for hydroxylation is 1. The Labute approximate surface area is 188 Å². The van der Waals surface area contributed by atoms with Gasteiger partial charge in [-0.1, -0.05) is 0 Å². The summed E-state index contributed by atoms with van der Waals surface area (Å²) in [5.41, 5.74) is 17.2. The van der Waals surface area contributed by atoms with Gasteiger partial charge in [0, 0.05) is 24.7 Å². The molecule has 1 aromatic carbocycles.